The smallest absolute Gasteiger partial charge is 0.358 e. The summed E-state index contributed by atoms with van der Waals surface area (Å²) < 4.78 is 7.59. The second-order valence-electron chi connectivity index (χ2n) is 9.89. The number of hydrogen-bond donors (Lipinski definition) is 0. The molecule has 2 aromatic rings. The van der Waals surface area contributed by atoms with Crippen LogP contribution in [0.25, 0.3) is 0 Å². The zero-order valence-electron chi connectivity index (χ0n) is 22.3. The minimum atomic E-state index is -0.553. The number of hydrogen-bond acceptors (Lipinski definition) is 1. The average molecular weight is 516 g/mol. The molecule has 0 spiro atoms. The van der Waals surface area contributed by atoms with Gasteiger partial charge in [-0.2, -0.15) is 0 Å². The SMILES string of the molecule is C#CC(C)(C)C.CC(C)c1cccc(C(C)C)c1[N]=[Mo+2]=[CH]C(C)(C)c1ccccc1.[CH3-].[CH3-]. The Hall–Kier alpha value is -1.64. The molecule has 0 heterocycles. The summed E-state index contributed by atoms with van der Waals surface area (Å²) in [4.78, 5) is 0. The van der Waals surface area contributed by atoms with Crippen LogP contribution < -0.4 is 0 Å². The minimum absolute atomic E-state index is 0. The molecule has 32 heavy (non-hydrogen) atoms. The van der Waals surface area contributed by atoms with Gasteiger partial charge in [-0.15, -0.1) is 12.3 Å². The Bertz CT molecular complexity index is 874. The van der Waals surface area contributed by atoms with Crippen molar-refractivity contribution in [3.8, 4) is 12.3 Å². The summed E-state index contributed by atoms with van der Waals surface area (Å²) in [5.74, 6) is 3.63. The molecule has 0 aromatic heterocycles. The van der Waals surface area contributed by atoms with Gasteiger partial charge in [0.15, 0.2) is 0 Å². The summed E-state index contributed by atoms with van der Waals surface area (Å²) in [6, 6.07) is 17.4. The molecule has 0 bridgehead atoms. The molecule has 0 N–H and O–H groups in total. The fraction of sp³-hybridized carbons (Fsp3) is 0.433. The molecule has 0 saturated carbocycles. The molecule has 0 radical (unpaired) electrons. The van der Waals surface area contributed by atoms with E-state index in [1.54, 1.807) is 0 Å². The van der Waals surface area contributed by atoms with Crippen molar-refractivity contribution >= 4 is 10.1 Å². The van der Waals surface area contributed by atoms with E-state index in [0.29, 0.717) is 11.8 Å². The normalized spacial score (nSPS) is 10.6. The van der Waals surface area contributed by atoms with Gasteiger partial charge < -0.3 is 14.9 Å². The quantitative estimate of drug-likeness (QED) is 0.214. The van der Waals surface area contributed by atoms with E-state index in [-0.39, 0.29) is 25.7 Å². The first kappa shape index (κ1) is 32.5. The topological polar surface area (TPSA) is 12.4 Å². The molecular formula is C30H45MoN. The van der Waals surface area contributed by atoms with Crippen LogP contribution in [0.15, 0.2) is 52.0 Å². The maximum atomic E-state index is 5.13. The minimum Gasteiger partial charge on any atom is -0.358 e. The van der Waals surface area contributed by atoms with Crippen molar-refractivity contribution in [2.45, 2.75) is 79.6 Å². The molecule has 0 aliphatic heterocycles. The first-order valence-electron chi connectivity index (χ1n) is 10.8. The third-order valence-electron chi connectivity index (χ3n) is 4.78. The number of benzene rings is 2. The Labute approximate surface area is 208 Å². The van der Waals surface area contributed by atoms with Crippen molar-refractivity contribution in [3.63, 3.8) is 0 Å². The van der Waals surface area contributed by atoms with Gasteiger partial charge in [-0.1, -0.05) is 0 Å². The number of nitrogens with zero attached hydrogens (tertiary/aromatic N) is 1. The van der Waals surface area contributed by atoms with Gasteiger partial charge in [-0.25, -0.2) is 0 Å². The molecule has 0 aliphatic rings. The van der Waals surface area contributed by atoms with E-state index in [2.05, 4.69) is 100 Å². The van der Waals surface area contributed by atoms with Crippen LogP contribution in [0.2, 0.25) is 0 Å². The van der Waals surface area contributed by atoms with Crippen molar-refractivity contribution in [3.05, 3.63) is 80.1 Å². The summed E-state index contributed by atoms with van der Waals surface area (Å²) in [5, 5.41) is 0. The number of rotatable bonds is 5. The van der Waals surface area contributed by atoms with E-state index in [9.17, 15) is 0 Å². The Morgan fingerprint density at radius 1 is 0.812 bits per heavy atom. The van der Waals surface area contributed by atoms with E-state index in [4.69, 9.17) is 9.92 Å². The molecule has 0 amide bonds. The van der Waals surface area contributed by atoms with Crippen LogP contribution in [0.1, 0.15) is 90.8 Å². The monoisotopic (exact) mass is 517 g/mol. The summed E-state index contributed by atoms with van der Waals surface area (Å²) in [7, 11) is 0. The van der Waals surface area contributed by atoms with E-state index in [1.165, 1.54) is 22.4 Å². The fourth-order valence-electron chi connectivity index (χ4n) is 2.76. The molecule has 1 nitrogen and oxygen atoms in total. The van der Waals surface area contributed by atoms with E-state index in [0.717, 1.165) is 0 Å². The van der Waals surface area contributed by atoms with Gasteiger partial charge in [-0.05, 0) is 20.8 Å². The van der Waals surface area contributed by atoms with Crippen molar-refractivity contribution in [1.29, 1.82) is 0 Å². The molecule has 0 fully saturated rings. The van der Waals surface area contributed by atoms with Crippen LogP contribution in [-0.2, 0) is 23.3 Å². The third-order valence-corrected chi connectivity index (χ3v) is 7.20. The van der Waals surface area contributed by atoms with Crippen molar-refractivity contribution in [1.82, 2.24) is 0 Å². The van der Waals surface area contributed by atoms with Gasteiger partial charge in [0.2, 0.25) is 0 Å². The molecular weight excluding hydrogens is 470 g/mol. The van der Waals surface area contributed by atoms with E-state index in [1.807, 2.05) is 20.8 Å². The van der Waals surface area contributed by atoms with Crippen LogP contribution in [-0.4, -0.2) is 4.40 Å². The average Bonchev–Trinajstić information content (AvgIpc) is 2.68. The molecule has 0 saturated heterocycles. The maximum Gasteiger partial charge on any atom is -0.358 e. The predicted molar refractivity (Wildman–Crippen MR) is 143 cm³/mol. The molecule has 0 aliphatic carbocycles. The van der Waals surface area contributed by atoms with Crippen LogP contribution in [0.3, 0.4) is 0 Å². The summed E-state index contributed by atoms with van der Waals surface area (Å²) >= 11 is -0.553. The third kappa shape index (κ3) is 10.8. The first-order chi connectivity index (χ1) is 13.9. The predicted octanol–water partition coefficient (Wildman–Crippen LogP) is 9.18. The summed E-state index contributed by atoms with van der Waals surface area (Å²) in [6.45, 7) is 19.6. The van der Waals surface area contributed by atoms with E-state index < -0.39 is 17.9 Å². The van der Waals surface area contributed by atoms with Gasteiger partial charge in [0.05, 0.1) is 0 Å². The Kier molecular flexibility index (Phi) is 14.7. The van der Waals surface area contributed by atoms with Crippen molar-refractivity contribution < 1.29 is 17.9 Å². The Morgan fingerprint density at radius 2 is 1.25 bits per heavy atom. The standard InChI is InChI=1S/C12H17N.C10H12.C6H10.2CH3.Mo/c1-8(2)10-6-5-7-11(9(3)4)12(10)13;1-10(2,3)9-7-5-4-6-8-9;1-5-6(2,3)4;;;/h5-9H,1-4H3;1,4-8H,2-3H3;1H,2-4H3;2*1H3;/q;;;2*-1;+2. The maximum absolute atomic E-state index is 5.13. The molecule has 0 atom stereocenters. The second kappa shape index (κ2) is 14.5. The summed E-state index contributed by atoms with van der Waals surface area (Å²) in [5.41, 5.74) is 5.54. The largest absolute Gasteiger partial charge is 0.358 e. The molecule has 2 heteroatoms. The fourth-order valence-corrected chi connectivity index (χ4v) is 4.65. The molecule has 2 aromatic carbocycles. The van der Waals surface area contributed by atoms with Crippen LogP contribution in [0, 0.1) is 32.6 Å². The summed E-state index contributed by atoms with van der Waals surface area (Å²) in [6.07, 6.45) is 5.06. The molecule has 2 rings (SSSR count). The van der Waals surface area contributed by atoms with Gasteiger partial charge in [0, 0.05) is 5.41 Å². The zero-order chi connectivity index (χ0) is 22.9. The Morgan fingerprint density at radius 3 is 1.62 bits per heavy atom. The van der Waals surface area contributed by atoms with Crippen molar-refractivity contribution in [2.75, 3.05) is 0 Å². The number of terminal acetylenes is 1. The first-order valence-corrected chi connectivity index (χ1v) is 12.8. The van der Waals surface area contributed by atoms with Crippen LogP contribution >= 0.6 is 0 Å². The van der Waals surface area contributed by atoms with Gasteiger partial charge in [-0.3, -0.25) is 0 Å². The Balaban J connectivity index is 0. The van der Waals surface area contributed by atoms with E-state index >= 15 is 0 Å². The van der Waals surface area contributed by atoms with Gasteiger partial charge in [0.25, 0.3) is 0 Å². The molecule has 0 unspecified atom stereocenters. The zero-order valence-corrected chi connectivity index (χ0v) is 24.3. The van der Waals surface area contributed by atoms with Crippen LogP contribution in [0.5, 0.6) is 0 Å². The van der Waals surface area contributed by atoms with Crippen LogP contribution in [0.4, 0.5) is 5.69 Å². The molecule has 176 valence electrons. The second-order valence-corrected chi connectivity index (χ2v) is 11.4. The van der Waals surface area contributed by atoms with Gasteiger partial charge >= 0.3 is 156 Å². The van der Waals surface area contributed by atoms with Gasteiger partial charge in [0.1, 0.15) is 0 Å². The van der Waals surface area contributed by atoms with Crippen molar-refractivity contribution in [2.24, 2.45) is 8.91 Å².